The van der Waals surface area contributed by atoms with Crippen LogP contribution < -0.4 is 11.1 Å². The molecule has 0 fully saturated rings. The fourth-order valence-electron chi connectivity index (χ4n) is 1.58. The number of carboxylic acids is 1. The summed E-state index contributed by atoms with van der Waals surface area (Å²) in [4.78, 5) is 29.8. The molecule has 0 aliphatic carbocycles. The third kappa shape index (κ3) is 2.89. The Morgan fingerprint density at radius 3 is 2.40 bits per heavy atom. The van der Waals surface area contributed by atoms with Crippen LogP contribution in [0.2, 0.25) is 0 Å². The van der Waals surface area contributed by atoms with Crippen molar-refractivity contribution >= 4 is 23.5 Å². The average Bonchev–Trinajstić information content (AvgIpc) is 2.39. The zero-order chi connectivity index (χ0) is 14.7. The second-order valence-corrected chi connectivity index (χ2v) is 4.06. The Hall–Kier alpha value is -2.96. The van der Waals surface area contributed by atoms with Crippen molar-refractivity contribution in [2.75, 3.05) is 5.32 Å². The number of aromatic carboxylic acids is 1. The Kier molecular flexibility index (Phi) is 3.60. The van der Waals surface area contributed by atoms with Crippen molar-refractivity contribution in [1.29, 1.82) is 0 Å². The molecule has 7 heteroatoms. The highest BCUT2D eigenvalue weighted by Gasteiger charge is 2.10. The van der Waals surface area contributed by atoms with Gasteiger partial charge in [-0.1, -0.05) is 0 Å². The summed E-state index contributed by atoms with van der Waals surface area (Å²) in [5.74, 6) is -1.30. The molecule has 0 aliphatic rings. The topological polar surface area (TPSA) is 118 Å². The molecule has 102 valence electrons. The van der Waals surface area contributed by atoms with Crippen LogP contribution in [0.3, 0.4) is 0 Å². The monoisotopic (exact) mass is 272 g/mol. The van der Waals surface area contributed by atoms with E-state index < -0.39 is 11.9 Å². The average molecular weight is 272 g/mol. The van der Waals surface area contributed by atoms with Crippen molar-refractivity contribution in [3.05, 3.63) is 47.3 Å². The Labute approximate surface area is 114 Å². The molecule has 0 aliphatic heterocycles. The van der Waals surface area contributed by atoms with E-state index in [-0.39, 0.29) is 11.5 Å². The van der Waals surface area contributed by atoms with Crippen LogP contribution in [0.5, 0.6) is 0 Å². The van der Waals surface area contributed by atoms with Crippen LogP contribution in [-0.2, 0) is 0 Å². The maximum Gasteiger partial charge on any atom is 0.339 e. The smallest absolute Gasteiger partial charge is 0.339 e. The van der Waals surface area contributed by atoms with Gasteiger partial charge in [0.1, 0.15) is 0 Å². The number of aryl methyl sites for hydroxylation is 1. The van der Waals surface area contributed by atoms with Crippen molar-refractivity contribution in [2.24, 2.45) is 5.73 Å². The second kappa shape index (κ2) is 5.35. The maximum absolute atomic E-state index is 10.9. The quantitative estimate of drug-likeness (QED) is 0.772. The summed E-state index contributed by atoms with van der Waals surface area (Å²) >= 11 is 0. The molecule has 0 radical (unpaired) electrons. The lowest BCUT2D eigenvalue weighted by Crippen LogP contribution is -2.10. The van der Waals surface area contributed by atoms with E-state index in [0.29, 0.717) is 16.9 Å². The molecule has 1 aromatic heterocycles. The number of carbonyl (C=O) groups excluding carboxylic acids is 1. The van der Waals surface area contributed by atoms with Gasteiger partial charge in [0, 0.05) is 17.4 Å². The molecule has 0 saturated carbocycles. The normalized spacial score (nSPS) is 10.1. The van der Waals surface area contributed by atoms with Gasteiger partial charge in [0.15, 0.2) is 0 Å². The van der Waals surface area contributed by atoms with Gasteiger partial charge in [0.25, 0.3) is 0 Å². The summed E-state index contributed by atoms with van der Waals surface area (Å²) in [6.45, 7) is 1.59. The molecule has 1 aromatic carbocycles. The molecule has 20 heavy (non-hydrogen) atoms. The highest BCUT2D eigenvalue weighted by Crippen LogP contribution is 2.15. The van der Waals surface area contributed by atoms with E-state index in [1.165, 1.54) is 6.20 Å². The van der Waals surface area contributed by atoms with Crippen molar-refractivity contribution < 1.29 is 14.7 Å². The molecule has 0 atom stereocenters. The minimum Gasteiger partial charge on any atom is -0.478 e. The number of amides is 1. The van der Waals surface area contributed by atoms with Crippen LogP contribution >= 0.6 is 0 Å². The standard InChI is InChI=1S/C13H12N4O3/c1-7-10(12(19)20)6-15-13(16-7)17-9-4-2-8(3-5-9)11(14)18/h2-6H,1H3,(H2,14,18)(H,19,20)(H,15,16,17). The fraction of sp³-hybridized carbons (Fsp3) is 0.0769. The first-order valence-corrected chi connectivity index (χ1v) is 5.71. The van der Waals surface area contributed by atoms with E-state index >= 15 is 0 Å². The number of nitrogens with two attached hydrogens (primary N) is 1. The number of rotatable bonds is 4. The molecular formula is C13H12N4O3. The van der Waals surface area contributed by atoms with Gasteiger partial charge in [0.2, 0.25) is 11.9 Å². The lowest BCUT2D eigenvalue weighted by Gasteiger charge is -2.07. The Morgan fingerprint density at radius 1 is 1.25 bits per heavy atom. The number of hydrogen-bond donors (Lipinski definition) is 3. The number of hydrogen-bond acceptors (Lipinski definition) is 5. The summed E-state index contributed by atoms with van der Waals surface area (Å²) in [5, 5.41) is 11.8. The SMILES string of the molecule is Cc1nc(Nc2ccc(C(N)=O)cc2)ncc1C(=O)O. The Morgan fingerprint density at radius 2 is 1.90 bits per heavy atom. The van der Waals surface area contributed by atoms with Gasteiger partial charge in [-0.3, -0.25) is 4.79 Å². The van der Waals surface area contributed by atoms with Gasteiger partial charge in [-0.15, -0.1) is 0 Å². The zero-order valence-corrected chi connectivity index (χ0v) is 10.6. The van der Waals surface area contributed by atoms with E-state index in [4.69, 9.17) is 10.8 Å². The van der Waals surface area contributed by atoms with E-state index in [1.807, 2.05) is 0 Å². The number of carbonyl (C=O) groups is 2. The number of primary amides is 1. The van der Waals surface area contributed by atoms with Gasteiger partial charge in [-0.2, -0.15) is 0 Å². The molecule has 1 heterocycles. The Balaban J connectivity index is 2.19. The number of carboxylic acid groups (broad SMARTS) is 1. The van der Waals surface area contributed by atoms with Crippen molar-refractivity contribution in [3.8, 4) is 0 Å². The van der Waals surface area contributed by atoms with E-state index in [2.05, 4.69) is 15.3 Å². The van der Waals surface area contributed by atoms with Crippen LogP contribution in [0.1, 0.15) is 26.4 Å². The Bertz CT molecular complexity index is 668. The lowest BCUT2D eigenvalue weighted by molar-refractivity contribution is 0.0695. The lowest BCUT2D eigenvalue weighted by atomic mass is 10.2. The summed E-state index contributed by atoms with van der Waals surface area (Å²) < 4.78 is 0. The van der Waals surface area contributed by atoms with Crippen molar-refractivity contribution in [1.82, 2.24) is 9.97 Å². The maximum atomic E-state index is 10.9. The van der Waals surface area contributed by atoms with Gasteiger partial charge in [-0.05, 0) is 31.2 Å². The van der Waals surface area contributed by atoms with Gasteiger partial charge < -0.3 is 16.2 Å². The zero-order valence-electron chi connectivity index (χ0n) is 10.6. The van der Waals surface area contributed by atoms with E-state index in [9.17, 15) is 9.59 Å². The summed E-state index contributed by atoms with van der Waals surface area (Å²) in [6, 6.07) is 6.46. The van der Waals surface area contributed by atoms with Gasteiger partial charge in [0.05, 0.1) is 11.3 Å². The van der Waals surface area contributed by atoms with Crippen LogP contribution in [0.25, 0.3) is 0 Å². The first-order valence-electron chi connectivity index (χ1n) is 5.71. The third-order valence-corrected chi connectivity index (χ3v) is 2.64. The highest BCUT2D eigenvalue weighted by molar-refractivity contribution is 5.93. The number of aromatic nitrogens is 2. The molecule has 1 amide bonds. The minimum absolute atomic E-state index is 0.0552. The first-order chi connectivity index (χ1) is 9.47. The third-order valence-electron chi connectivity index (χ3n) is 2.64. The molecule has 0 saturated heterocycles. The summed E-state index contributed by atoms with van der Waals surface area (Å²) in [6.07, 6.45) is 1.24. The van der Waals surface area contributed by atoms with Gasteiger partial charge >= 0.3 is 5.97 Å². The molecule has 0 bridgehead atoms. The van der Waals surface area contributed by atoms with Crippen LogP contribution in [-0.4, -0.2) is 27.0 Å². The van der Waals surface area contributed by atoms with Crippen molar-refractivity contribution in [2.45, 2.75) is 6.92 Å². The molecule has 0 spiro atoms. The van der Waals surface area contributed by atoms with Crippen LogP contribution in [0.15, 0.2) is 30.5 Å². The summed E-state index contributed by atoms with van der Waals surface area (Å²) in [5.41, 5.74) is 6.62. The predicted molar refractivity (Wildman–Crippen MR) is 72.0 cm³/mol. The summed E-state index contributed by atoms with van der Waals surface area (Å²) in [7, 11) is 0. The highest BCUT2D eigenvalue weighted by atomic mass is 16.4. The second-order valence-electron chi connectivity index (χ2n) is 4.06. The fourth-order valence-corrected chi connectivity index (χ4v) is 1.58. The first kappa shape index (κ1) is 13.5. The predicted octanol–water partition coefficient (Wildman–Crippen LogP) is 1.33. The number of nitrogens with one attached hydrogen (secondary N) is 1. The number of benzene rings is 1. The minimum atomic E-state index is -1.07. The largest absolute Gasteiger partial charge is 0.478 e. The van der Waals surface area contributed by atoms with Crippen LogP contribution in [0, 0.1) is 6.92 Å². The van der Waals surface area contributed by atoms with E-state index in [1.54, 1.807) is 31.2 Å². The van der Waals surface area contributed by atoms with Crippen molar-refractivity contribution in [3.63, 3.8) is 0 Å². The molecular weight excluding hydrogens is 260 g/mol. The molecule has 4 N–H and O–H groups in total. The number of anilines is 2. The van der Waals surface area contributed by atoms with Crippen LogP contribution in [0.4, 0.5) is 11.6 Å². The number of nitrogens with zero attached hydrogens (tertiary/aromatic N) is 2. The molecule has 2 aromatic rings. The molecule has 0 unspecified atom stereocenters. The molecule has 2 rings (SSSR count). The van der Waals surface area contributed by atoms with E-state index in [0.717, 1.165) is 0 Å². The van der Waals surface area contributed by atoms with Gasteiger partial charge in [-0.25, -0.2) is 14.8 Å². The molecule has 7 nitrogen and oxygen atoms in total.